The number of sulfonamides is 1. The fourth-order valence-electron chi connectivity index (χ4n) is 3.77. The molecule has 1 amide bonds. The molecule has 0 atom stereocenters. The van der Waals surface area contributed by atoms with Gasteiger partial charge in [0.15, 0.2) is 5.76 Å². The lowest BCUT2D eigenvalue weighted by atomic mass is 9.96. The summed E-state index contributed by atoms with van der Waals surface area (Å²) < 4.78 is 32.4. The van der Waals surface area contributed by atoms with Crippen molar-refractivity contribution < 1.29 is 17.7 Å². The Balaban J connectivity index is 1.67. The molecular weight excluding hydrogens is 390 g/mol. The molecule has 1 aliphatic heterocycles. The van der Waals surface area contributed by atoms with Crippen molar-refractivity contribution in [2.24, 2.45) is 5.92 Å². The molecule has 1 saturated heterocycles. The summed E-state index contributed by atoms with van der Waals surface area (Å²) in [7, 11) is -3.67. The minimum absolute atomic E-state index is 0.0446. The van der Waals surface area contributed by atoms with E-state index in [1.54, 1.807) is 24.8 Å². The Morgan fingerprint density at radius 1 is 1.28 bits per heavy atom. The number of amides is 1. The molecular formula is C21H27N3O4S. The summed E-state index contributed by atoms with van der Waals surface area (Å²) in [4.78, 5) is 15.0. The van der Waals surface area contributed by atoms with Crippen molar-refractivity contribution in [2.75, 3.05) is 19.6 Å². The molecule has 0 unspecified atom stereocenters. The van der Waals surface area contributed by atoms with Gasteiger partial charge in [-0.05, 0) is 32.3 Å². The first-order chi connectivity index (χ1) is 13.8. The molecule has 0 N–H and O–H groups in total. The van der Waals surface area contributed by atoms with Crippen LogP contribution in [0.1, 0.15) is 29.9 Å². The maximum absolute atomic E-state index is 13.1. The number of aryl methyl sites for hydroxylation is 2. The van der Waals surface area contributed by atoms with E-state index in [0.29, 0.717) is 50.5 Å². The molecule has 8 heteroatoms. The Labute approximate surface area is 172 Å². The van der Waals surface area contributed by atoms with Gasteiger partial charge in [0.2, 0.25) is 15.9 Å². The first kappa shape index (κ1) is 21.3. The molecule has 7 nitrogen and oxygen atoms in total. The van der Waals surface area contributed by atoms with Gasteiger partial charge in [0.25, 0.3) is 0 Å². The number of hydrogen-bond donors (Lipinski definition) is 0. The summed E-state index contributed by atoms with van der Waals surface area (Å²) in [6.45, 7) is 8.57. The highest BCUT2D eigenvalue weighted by molar-refractivity contribution is 7.89. The number of rotatable bonds is 7. The van der Waals surface area contributed by atoms with Crippen LogP contribution >= 0.6 is 0 Å². The predicted octanol–water partition coefficient (Wildman–Crippen LogP) is 2.91. The lowest BCUT2D eigenvalue weighted by Crippen LogP contribution is -2.44. The SMILES string of the molecule is C=CCN(Cc1ccccc1)C(=O)C1CCN(S(=O)(=O)c2c(C)noc2C)CC1. The molecule has 156 valence electrons. The second-order valence-electron chi connectivity index (χ2n) is 7.32. The summed E-state index contributed by atoms with van der Waals surface area (Å²) in [6.07, 6.45) is 2.70. The fourth-order valence-corrected chi connectivity index (χ4v) is 5.53. The summed E-state index contributed by atoms with van der Waals surface area (Å²) >= 11 is 0. The van der Waals surface area contributed by atoms with Gasteiger partial charge in [-0.3, -0.25) is 4.79 Å². The molecule has 0 bridgehead atoms. The van der Waals surface area contributed by atoms with E-state index in [1.165, 1.54) is 4.31 Å². The van der Waals surface area contributed by atoms with Crippen LogP contribution in [0.4, 0.5) is 0 Å². The predicted molar refractivity (Wildman–Crippen MR) is 110 cm³/mol. The van der Waals surface area contributed by atoms with E-state index >= 15 is 0 Å². The molecule has 0 saturated carbocycles. The van der Waals surface area contributed by atoms with Crippen molar-refractivity contribution >= 4 is 15.9 Å². The number of carbonyl (C=O) groups is 1. The first-order valence-electron chi connectivity index (χ1n) is 9.71. The quantitative estimate of drug-likeness (QED) is 0.647. The average Bonchev–Trinajstić information content (AvgIpc) is 3.07. The molecule has 3 rings (SSSR count). The fraction of sp³-hybridized carbons (Fsp3) is 0.429. The largest absolute Gasteiger partial charge is 0.360 e. The minimum Gasteiger partial charge on any atom is -0.360 e. The first-order valence-corrected chi connectivity index (χ1v) is 11.1. The van der Waals surface area contributed by atoms with Crippen LogP contribution in [0.3, 0.4) is 0 Å². The Bertz CT molecular complexity index is 942. The maximum atomic E-state index is 13.1. The lowest BCUT2D eigenvalue weighted by Gasteiger charge is -2.33. The highest BCUT2D eigenvalue weighted by Crippen LogP contribution is 2.28. The summed E-state index contributed by atoms with van der Waals surface area (Å²) in [5, 5.41) is 3.75. The third-order valence-electron chi connectivity index (χ3n) is 5.25. The Morgan fingerprint density at radius 2 is 1.93 bits per heavy atom. The minimum atomic E-state index is -3.67. The molecule has 0 spiro atoms. The number of benzene rings is 1. The number of piperidine rings is 1. The second kappa shape index (κ2) is 8.92. The molecule has 2 aromatic rings. The van der Waals surface area contributed by atoms with Crippen molar-refractivity contribution in [3.63, 3.8) is 0 Å². The van der Waals surface area contributed by atoms with Gasteiger partial charge in [-0.25, -0.2) is 8.42 Å². The van der Waals surface area contributed by atoms with E-state index in [2.05, 4.69) is 11.7 Å². The summed E-state index contributed by atoms with van der Waals surface area (Å²) in [5.74, 6) is 0.138. The van der Waals surface area contributed by atoms with Crippen LogP contribution in [-0.4, -0.2) is 48.3 Å². The standard InChI is InChI=1S/C21H27N3O4S/c1-4-12-23(15-18-8-6-5-7-9-18)21(25)19-10-13-24(14-11-19)29(26,27)20-16(2)22-28-17(20)3/h4-9,19H,1,10-15H2,2-3H3. The van der Waals surface area contributed by atoms with Crippen LogP contribution in [0.25, 0.3) is 0 Å². The topological polar surface area (TPSA) is 83.7 Å². The van der Waals surface area contributed by atoms with Crippen LogP contribution in [-0.2, 0) is 21.4 Å². The van der Waals surface area contributed by atoms with Crippen molar-refractivity contribution in [3.05, 3.63) is 60.0 Å². The molecule has 1 aromatic carbocycles. The molecule has 0 radical (unpaired) electrons. The number of aromatic nitrogens is 1. The van der Waals surface area contributed by atoms with Crippen LogP contribution in [0, 0.1) is 19.8 Å². The van der Waals surface area contributed by atoms with E-state index in [4.69, 9.17) is 4.52 Å². The van der Waals surface area contributed by atoms with E-state index in [1.807, 2.05) is 30.3 Å². The van der Waals surface area contributed by atoms with Gasteiger partial charge >= 0.3 is 0 Å². The molecule has 29 heavy (non-hydrogen) atoms. The van der Waals surface area contributed by atoms with Crippen LogP contribution < -0.4 is 0 Å². The average molecular weight is 418 g/mol. The van der Waals surface area contributed by atoms with Gasteiger partial charge in [0, 0.05) is 32.1 Å². The second-order valence-corrected chi connectivity index (χ2v) is 9.20. The third-order valence-corrected chi connectivity index (χ3v) is 7.39. The van der Waals surface area contributed by atoms with Crippen molar-refractivity contribution in [1.29, 1.82) is 0 Å². The maximum Gasteiger partial charge on any atom is 0.248 e. The molecule has 1 fully saturated rings. The lowest BCUT2D eigenvalue weighted by molar-refractivity contribution is -0.136. The Hall–Kier alpha value is -2.45. The van der Waals surface area contributed by atoms with Crippen molar-refractivity contribution in [2.45, 2.75) is 38.1 Å². The number of hydrogen-bond acceptors (Lipinski definition) is 5. The van der Waals surface area contributed by atoms with Gasteiger partial charge in [0.05, 0.1) is 0 Å². The number of carbonyl (C=O) groups excluding carboxylic acids is 1. The molecule has 0 aliphatic carbocycles. The van der Waals surface area contributed by atoms with Crippen molar-refractivity contribution in [3.8, 4) is 0 Å². The van der Waals surface area contributed by atoms with E-state index in [0.717, 1.165) is 5.56 Å². The number of nitrogens with zero attached hydrogens (tertiary/aromatic N) is 3. The van der Waals surface area contributed by atoms with Gasteiger partial charge in [-0.2, -0.15) is 4.31 Å². The summed E-state index contributed by atoms with van der Waals surface area (Å²) in [5.41, 5.74) is 1.42. The van der Waals surface area contributed by atoms with Crippen LogP contribution in [0.15, 0.2) is 52.4 Å². The zero-order chi connectivity index (χ0) is 21.0. The normalized spacial score (nSPS) is 15.9. The summed E-state index contributed by atoms with van der Waals surface area (Å²) in [6, 6.07) is 9.82. The van der Waals surface area contributed by atoms with Gasteiger partial charge in [-0.1, -0.05) is 41.6 Å². The van der Waals surface area contributed by atoms with Gasteiger partial charge < -0.3 is 9.42 Å². The zero-order valence-electron chi connectivity index (χ0n) is 16.9. The molecule has 2 heterocycles. The molecule has 1 aromatic heterocycles. The Morgan fingerprint density at radius 3 is 2.48 bits per heavy atom. The van der Waals surface area contributed by atoms with Gasteiger partial charge in [-0.15, -0.1) is 6.58 Å². The van der Waals surface area contributed by atoms with Crippen LogP contribution in [0.5, 0.6) is 0 Å². The molecule has 1 aliphatic rings. The van der Waals surface area contributed by atoms with Gasteiger partial charge in [0.1, 0.15) is 10.6 Å². The van der Waals surface area contributed by atoms with E-state index in [-0.39, 0.29) is 16.7 Å². The van der Waals surface area contributed by atoms with Crippen LogP contribution in [0.2, 0.25) is 0 Å². The van der Waals surface area contributed by atoms with Crippen molar-refractivity contribution in [1.82, 2.24) is 14.4 Å². The smallest absolute Gasteiger partial charge is 0.248 e. The van der Waals surface area contributed by atoms with E-state index < -0.39 is 10.0 Å². The zero-order valence-corrected chi connectivity index (χ0v) is 17.7. The Kier molecular flexibility index (Phi) is 6.54. The highest BCUT2D eigenvalue weighted by atomic mass is 32.2. The monoisotopic (exact) mass is 417 g/mol. The third kappa shape index (κ3) is 4.59. The highest BCUT2D eigenvalue weighted by Gasteiger charge is 2.36. The van der Waals surface area contributed by atoms with E-state index in [9.17, 15) is 13.2 Å².